The third-order valence-electron chi connectivity index (χ3n) is 3.03. The molecule has 19 heavy (non-hydrogen) atoms. The van der Waals surface area contributed by atoms with E-state index < -0.39 is 0 Å². The zero-order valence-corrected chi connectivity index (χ0v) is 10.0. The number of fused-ring (bicyclic) bond motifs is 1. The van der Waals surface area contributed by atoms with Crippen molar-refractivity contribution in [2.24, 2.45) is 0 Å². The van der Waals surface area contributed by atoms with Crippen LogP contribution in [0.5, 0.6) is 0 Å². The summed E-state index contributed by atoms with van der Waals surface area (Å²) in [5.74, 6) is -0.477. The molecule has 0 saturated carbocycles. The summed E-state index contributed by atoms with van der Waals surface area (Å²) in [5.41, 5.74) is 1.05. The third kappa shape index (κ3) is 2.10. The maximum absolute atomic E-state index is 12.9. The van der Waals surface area contributed by atoms with Gasteiger partial charge in [0.25, 0.3) is 0 Å². The van der Waals surface area contributed by atoms with Crippen LogP contribution in [-0.2, 0) is 0 Å². The van der Waals surface area contributed by atoms with Crippen molar-refractivity contribution in [2.45, 2.75) is 0 Å². The maximum atomic E-state index is 12.9. The Morgan fingerprint density at radius 3 is 2.58 bits per heavy atom. The Morgan fingerprint density at radius 1 is 1.00 bits per heavy atom. The van der Waals surface area contributed by atoms with Crippen molar-refractivity contribution in [1.29, 1.82) is 0 Å². The van der Waals surface area contributed by atoms with Crippen LogP contribution in [0.25, 0.3) is 10.8 Å². The highest BCUT2D eigenvalue weighted by atomic mass is 19.1. The molecule has 3 heteroatoms. The molecule has 0 amide bonds. The Kier molecular flexibility index (Phi) is 2.80. The van der Waals surface area contributed by atoms with Crippen molar-refractivity contribution in [3.63, 3.8) is 0 Å². The molecular weight excluding hydrogens is 241 g/mol. The van der Waals surface area contributed by atoms with E-state index in [9.17, 15) is 9.18 Å². The molecule has 3 aromatic rings. The quantitative estimate of drug-likeness (QED) is 0.651. The van der Waals surface area contributed by atoms with E-state index in [1.165, 1.54) is 24.3 Å². The average Bonchev–Trinajstić information content (AvgIpc) is 2.47. The van der Waals surface area contributed by atoms with Crippen LogP contribution in [0.3, 0.4) is 0 Å². The van der Waals surface area contributed by atoms with Gasteiger partial charge in [0.05, 0.1) is 0 Å². The topological polar surface area (TPSA) is 30.0 Å². The molecule has 0 radical (unpaired) electrons. The molecule has 1 heterocycles. The Balaban J connectivity index is 2.14. The third-order valence-corrected chi connectivity index (χ3v) is 3.03. The second-order valence-electron chi connectivity index (χ2n) is 4.24. The summed E-state index contributed by atoms with van der Waals surface area (Å²) in [7, 11) is 0. The largest absolute Gasteiger partial charge is 0.289 e. The molecule has 92 valence electrons. The summed E-state index contributed by atoms with van der Waals surface area (Å²) < 4.78 is 12.9. The van der Waals surface area contributed by atoms with Gasteiger partial charge in [0, 0.05) is 28.9 Å². The first-order valence-corrected chi connectivity index (χ1v) is 5.89. The van der Waals surface area contributed by atoms with E-state index in [0.29, 0.717) is 11.1 Å². The highest BCUT2D eigenvalue weighted by Gasteiger charge is 2.12. The Bertz CT molecular complexity index is 745. The summed E-state index contributed by atoms with van der Waals surface area (Å²) in [4.78, 5) is 16.5. The number of benzene rings is 2. The fourth-order valence-electron chi connectivity index (χ4n) is 2.07. The first-order chi connectivity index (χ1) is 9.25. The number of carbonyl (C=O) groups excluding carboxylic acids is 1. The van der Waals surface area contributed by atoms with Crippen molar-refractivity contribution in [1.82, 2.24) is 4.98 Å². The minimum atomic E-state index is -0.351. The predicted octanol–water partition coefficient (Wildman–Crippen LogP) is 3.60. The van der Waals surface area contributed by atoms with Crippen LogP contribution in [0.4, 0.5) is 4.39 Å². The maximum Gasteiger partial charge on any atom is 0.193 e. The lowest BCUT2D eigenvalue weighted by Gasteiger charge is -2.05. The monoisotopic (exact) mass is 251 g/mol. The molecule has 0 bridgehead atoms. The van der Waals surface area contributed by atoms with Crippen molar-refractivity contribution >= 4 is 16.6 Å². The molecule has 0 spiro atoms. The van der Waals surface area contributed by atoms with Gasteiger partial charge in [-0.1, -0.05) is 18.2 Å². The predicted molar refractivity (Wildman–Crippen MR) is 71.6 cm³/mol. The van der Waals surface area contributed by atoms with Gasteiger partial charge in [-0.2, -0.15) is 0 Å². The van der Waals surface area contributed by atoms with Crippen LogP contribution in [0.15, 0.2) is 60.9 Å². The number of ketones is 1. The zero-order chi connectivity index (χ0) is 13.2. The number of nitrogens with zero attached hydrogens (tertiary/aromatic N) is 1. The standard InChI is InChI=1S/C16H10FNO/c17-13-6-4-12(5-7-13)16(19)14-3-1-2-11-8-9-18-10-15(11)14/h1-10H. The number of carbonyl (C=O) groups is 1. The number of hydrogen-bond donors (Lipinski definition) is 0. The fourth-order valence-corrected chi connectivity index (χ4v) is 2.07. The molecule has 0 atom stereocenters. The van der Waals surface area contributed by atoms with Crippen LogP contribution in [0, 0.1) is 5.82 Å². The van der Waals surface area contributed by atoms with E-state index in [4.69, 9.17) is 0 Å². The highest BCUT2D eigenvalue weighted by Crippen LogP contribution is 2.20. The van der Waals surface area contributed by atoms with Gasteiger partial charge in [0.1, 0.15) is 5.82 Å². The minimum absolute atomic E-state index is 0.126. The van der Waals surface area contributed by atoms with Crippen LogP contribution >= 0.6 is 0 Å². The average molecular weight is 251 g/mol. The van der Waals surface area contributed by atoms with Crippen LogP contribution in [0.2, 0.25) is 0 Å². The lowest BCUT2D eigenvalue weighted by molar-refractivity contribution is 0.104. The van der Waals surface area contributed by atoms with Gasteiger partial charge >= 0.3 is 0 Å². The Hall–Kier alpha value is -2.55. The second kappa shape index (κ2) is 4.61. The number of pyridine rings is 1. The lowest BCUT2D eigenvalue weighted by atomic mass is 9.98. The number of hydrogen-bond acceptors (Lipinski definition) is 2. The van der Waals surface area contributed by atoms with Crippen LogP contribution in [-0.4, -0.2) is 10.8 Å². The summed E-state index contributed by atoms with van der Waals surface area (Å²) in [5, 5.41) is 1.77. The van der Waals surface area contributed by atoms with Gasteiger partial charge in [-0.3, -0.25) is 9.78 Å². The van der Waals surface area contributed by atoms with Gasteiger partial charge in [0.2, 0.25) is 0 Å². The van der Waals surface area contributed by atoms with Crippen molar-refractivity contribution in [3.8, 4) is 0 Å². The first kappa shape index (κ1) is 11.5. The Labute approximate surface area is 109 Å². The smallest absolute Gasteiger partial charge is 0.193 e. The van der Waals surface area contributed by atoms with Gasteiger partial charge in [-0.05, 0) is 35.7 Å². The lowest BCUT2D eigenvalue weighted by Crippen LogP contribution is -2.02. The molecule has 0 aliphatic rings. The fraction of sp³-hybridized carbons (Fsp3) is 0. The van der Waals surface area contributed by atoms with Crippen LogP contribution in [0.1, 0.15) is 15.9 Å². The van der Waals surface area contributed by atoms with Crippen molar-refractivity contribution in [3.05, 3.63) is 77.9 Å². The van der Waals surface area contributed by atoms with Crippen molar-refractivity contribution < 1.29 is 9.18 Å². The van der Waals surface area contributed by atoms with E-state index in [0.717, 1.165) is 10.8 Å². The summed E-state index contributed by atoms with van der Waals surface area (Å²) >= 11 is 0. The number of halogens is 1. The van der Waals surface area contributed by atoms with E-state index in [-0.39, 0.29) is 11.6 Å². The summed E-state index contributed by atoms with van der Waals surface area (Å²) in [6.07, 6.45) is 3.36. The summed E-state index contributed by atoms with van der Waals surface area (Å²) in [6.45, 7) is 0. The second-order valence-corrected chi connectivity index (χ2v) is 4.24. The normalized spacial score (nSPS) is 10.6. The molecule has 0 unspecified atom stereocenters. The molecular formula is C16H10FNO. The number of aromatic nitrogens is 1. The van der Waals surface area contributed by atoms with E-state index in [1.54, 1.807) is 18.5 Å². The molecule has 0 aliphatic carbocycles. The molecule has 3 rings (SSSR count). The van der Waals surface area contributed by atoms with E-state index >= 15 is 0 Å². The molecule has 0 saturated heterocycles. The molecule has 1 aromatic heterocycles. The van der Waals surface area contributed by atoms with Gasteiger partial charge in [-0.25, -0.2) is 4.39 Å². The SMILES string of the molecule is O=C(c1ccc(F)cc1)c1cccc2ccncc12. The minimum Gasteiger partial charge on any atom is -0.289 e. The molecule has 2 nitrogen and oxygen atoms in total. The molecule has 0 N–H and O–H groups in total. The summed E-state index contributed by atoms with van der Waals surface area (Å²) in [6, 6.07) is 12.9. The molecule has 0 aliphatic heterocycles. The molecule has 0 fully saturated rings. The molecule has 2 aromatic carbocycles. The van der Waals surface area contributed by atoms with Gasteiger partial charge in [0.15, 0.2) is 5.78 Å². The highest BCUT2D eigenvalue weighted by molar-refractivity contribution is 6.16. The first-order valence-electron chi connectivity index (χ1n) is 5.89. The van der Waals surface area contributed by atoms with Crippen LogP contribution < -0.4 is 0 Å². The van der Waals surface area contributed by atoms with Gasteiger partial charge in [-0.15, -0.1) is 0 Å². The Morgan fingerprint density at radius 2 is 1.79 bits per heavy atom. The zero-order valence-electron chi connectivity index (χ0n) is 10.0. The van der Waals surface area contributed by atoms with Crippen molar-refractivity contribution in [2.75, 3.05) is 0 Å². The number of rotatable bonds is 2. The van der Waals surface area contributed by atoms with E-state index in [2.05, 4.69) is 4.98 Å². The van der Waals surface area contributed by atoms with Gasteiger partial charge < -0.3 is 0 Å². The van der Waals surface area contributed by atoms with E-state index in [1.807, 2.05) is 18.2 Å².